The van der Waals surface area contributed by atoms with Gasteiger partial charge in [-0.25, -0.2) is 4.98 Å². The number of aromatic amines is 1. The van der Waals surface area contributed by atoms with Crippen LogP contribution in [0.25, 0.3) is 0 Å². The van der Waals surface area contributed by atoms with Crippen LogP contribution in [0, 0.1) is 0 Å². The lowest BCUT2D eigenvalue weighted by Gasteiger charge is -2.38. The van der Waals surface area contributed by atoms with Gasteiger partial charge < -0.3 is 10.2 Å². The van der Waals surface area contributed by atoms with E-state index in [1.54, 1.807) is 0 Å². The number of aromatic nitrogens is 3. The van der Waals surface area contributed by atoms with Gasteiger partial charge in [-0.15, -0.1) is 5.10 Å². The Morgan fingerprint density at radius 2 is 1.94 bits per heavy atom. The summed E-state index contributed by atoms with van der Waals surface area (Å²) in [7, 11) is 0. The molecule has 1 amide bonds. The second kappa shape index (κ2) is 5.06. The van der Waals surface area contributed by atoms with Crippen molar-refractivity contribution in [1.29, 1.82) is 0 Å². The second-order valence-corrected chi connectivity index (χ2v) is 5.27. The third-order valence-electron chi connectivity index (χ3n) is 3.30. The molecule has 18 heavy (non-hydrogen) atoms. The van der Waals surface area contributed by atoms with Gasteiger partial charge in [0.15, 0.2) is 0 Å². The number of carbonyl (C=O) groups excluding carboxylic acids is 1. The van der Waals surface area contributed by atoms with Crippen LogP contribution in [0.5, 0.6) is 0 Å². The number of hydrogen-bond donors (Lipinski definition) is 2. The van der Waals surface area contributed by atoms with E-state index in [9.17, 15) is 4.79 Å². The van der Waals surface area contributed by atoms with E-state index in [4.69, 9.17) is 0 Å². The number of H-pyrrole nitrogens is 1. The molecule has 2 atom stereocenters. The Hall–Kier alpha value is -1.43. The van der Waals surface area contributed by atoms with Gasteiger partial charge in [0.05, 0.1) is 0 Å². The first-order chi connectivity index (χ1) is 8.50. The van der Waals surface area contributed by atoms with Crippen LogP contribution >= 0.6 is 0 Å². The Kier molecular flexibility index (Phi) is 3.65. The average molecular weight is 251 g/mol. The highest BCUT2D eigenvalue weighted by Gasteiger charge is 2.31. The molecule has 0 radical (unpaired) electrons. The molecule has 1 fully saturated rings. The summed E-state index contributed by atoms with van der Waals surface area (Å²) >= 11 is 0. The quantitative estimate of drug-likeness (QED) is 0.813. The van der Waals surface area contributed by atoms with Crippen LogP contribution in [0.1, 0.15) is 50.1 Å². The van der Waals surface area contributed by atoms with Crippen LogP contribution in [-0.2, 0) is 0 Å². The van der Waals surface area contributed by atoms with Gasteiger partial charge in [-0.05, 0) is 13.8 Å². The minimum absolute atomic E-state index is 0.0837. The maximum absolute atomic E-state index is 12.4. The molecule has 1 aromatic heterocycles. The van der Waals surface area contributed by atoms with E-state index in [-0.39, 0.29) is 29.7 Å². The molecular weight excluding hydrogens is 230 g/mol. The van der Waals surface area contributed by atoms with Crippen LogP contribution in [-0.4, -0.2) is 51.2 Å². The Balaban J connectivity index is 2.18. The molecule has 0 aromatic carbocycles. The van der Waals surface area contributed by atoms with E-state index in [1.807, 2.05) is 32.6 Å². The van der Waals surface area contributed by atoms with E-state index in [0.29, 0.717) is 0 Å². The van der Waals surface area contributed by atoms with Gasteiger partial charge in [0, 0.05) is 31.1 Å². The maximum atomic E-state index is 12.4. The highest BCUT2D eigenvalue weighted by Crippen LogP contribution is 2.14. The molecule has 0 spiro atoms. The maximum Gasteiger partial charge on any atom is 0.294 e. The van der Waals surface area contributed by atoms with Gasteiger partial charge >= 0.3 is 0 Å². The first-order valence-corrected chi connectivity index (χ1v) is 6.46. The van der Waals surface area contributed by atoms with Gasteiger partial charge in [-0.3, -0.25) is 9.89 Å². The van der Waals surface area contributed by atoms with Crippen molar-refractivity contribution in [2.75, 3.05) is 13.1 Å². The zero-order valence-electron chi connectivity index (χ0n) is 11.4. The first-order valence-electron chi connectivity index (χ1n) is 6.46. The molecule has 0 bridgehead atoms. The number of piperazine rings is 1. The minimum atomic E-state index is -0.0837. The van der Waals surface area contributed by atoms with Crippen molar-refractivity contribution in [2.45, 2.75) is 45.7 Å². The lowest BCUT2D eigenvalue weighted by Crippen LogP contribution is -2.57. The normalized spacial score (nSPS) is 24.6. The molecule has 2 N–H and O–H groups in total. The van der Waals surface area contributed by atoms with Gasteiger partial charge in [0.2, 0.25) is 5.82 Å². The lowest BCUT2D eigenvalue weighted by atomic mass is 10.1. The summed E-state index contributed by atoms with van der Waals surface area (Å²) in [5, 5.41) is 10.2. The fraction of sp³-hybridized carbons (Fsp3) is 0.750. The molecule has 100 valence electrons. The van der Waals surface area contributed by atoms with Crippen LogP contribution in [0.2, 0.25) is 0 Å². The largest absolute Gasteiger partial charge is 0.328 e. The molecule has 6 nitrogen and oxygen atoms in total. The summed E-state index contributed by atoms with van der Waals surface area (Å²) < 4.78 is 0. The van der Waals surface area contributed by atoms with Crippen LogP contribution in [0.3, 0.4) is 0 Å². The van der Waals surface area contributed by atoms with Gasteiger partial charge in [0.25, 0.3) is 5.91 Å². The molecule has 2 heterocycles. The summed E-state index contributed by atoms with van der Waals surface area (Å²) in [6, 6.07) is 0.337. The van der Waals surface area contributed by atoms with Crippen LogP contribution in [0.4, 0.5) is 0 Å². The molecule has 1 saturated heterocycles. The van der Waals surface area contributed by atoms with Crippen molar-refractivity contribution in [2.24, 2.45) is 0 Å². The van der Waals surface area contributed by atoms with E-state index < -0.39 is 0 Å². The smallest absolute Gasteiger partial charge is 0.294 e. The topological polar surface area (TPSA) is 73.9 Å². The number of hydrogen-bond acceptors (Lipinski definition) is 4. The molecule has 2 rings (SSSR count). The van der Waals surface area contributed by atoms with Crippen LogP contribution < -0.4 is 5.32 Å². The Bertz CT molecular complexity index is 418. The Morgan fingerprint density at radius 1 is 1.33 bits per heavy atom. The number of nitrogens with one attached hydrogen (secondary N) is 2. The zero-order valence-corrected chi connectivity index (χ0v) is 11.4. The average Bonchev–Trinajstić information content (AvgIpc) is 2.77. The number of nitrogens with zero attached hydrogens (tertiary/aromatic N) is 3. The zero-order chi connectivity index (χ0) is 13.3. The van der Waals surface area contributed by atoms with Crippen molar-refractivity contribution < 1.29 is 4.79 Å². The van der Waals surface area contributed by atoms with Crippen LogP contribution in [0.15, 0.2) is 0 Å². The molecule has 0 saturated carbocycles. The second-order valence-electron chi connectivity index (χ2n) is 5.27. The summed E-state index contributed by atoms with van der Waals surface area (Å²) in [6.07, 6.45) is 0. The van der Waals surface area contributed by atoms with Gasteiger partial charge in [-0.1, -0.05) is 13.8 Å². The van der Waals surface area contributed by atoms with E-state index in [2.05, 4.69) is 20.5 Å². The highest BCUT2D eigenvalue weighted by atomic mass is 16.2. The summed E-state index contributed by atoms with van der Waals surface area (Å²) in [6.45, 7) is 9.75. The third-order valence-corrected chi connectivity index (χ3v) is 3.30. The molecule has 1 aliphatic rings. The number of carbonyl (C=O) groups is 1. The fourth-order valence-corrected chi connectivity index (χ4v) is 2.28. The van der Waals surface area contributed by atoms with Gasteiger partial charge in [0.1, 0.15) is 5.82 Å². The van der Waals surface area contributed by atoms with Crippen molar-refractivity contribution >= 4 is 5.91 Å². The minimum Gasteiger partial charge on any atom is -0.328 e. The van der Waals surface area contributed by atoms with Crippen molar-refractivity contribution in [3.05, 3.63) is 11.6 Å². The number of rotatable bonds is 2. The summed E-state index contributed by atoms with van der Waals surface area (Å²) in [4.78, 5) is 18.5. The first kappa shape index (κ1) is 13.0. The van der Waals surface area contributed by atoms with Crippen molar-refractivity contribution in [3.8, 4) is 0 Å². The molecular formula is C12H21N5O. The monoisotopic (exact) mass is 251 g/mol. The fourth-order valence-electron chi connectivity index (χ4n) is 2.28. The predicted molar refractivity (Wildman–Crippen MR) is 68.4 cm³/mol. The van der Waals surface area contributed by atoms with Gasteiger partial charge in [-0.2, -0.15) is 0 Å². The summed E-state index contributed by atoms with van der Waals surface area (Å²) in [5.41, 5.74) is 0. The predicted octanol–water partition coefficient (Wildman–Crippen LogP) is 0.750. The third kappa shape index (κ3) is 2.38. The Labute approximate surface area is 107 Å². The van der Waals surface area contributed by atoms with E-state index in [0.717, 1.165) is 18.9 Å². The lowest BCUT2D eigenvalue weighted by molar-refractivity contribution is 0.0532. The SMILES string of the molecule is CC(C)c1nc(C(=O)N2C(C)CNCC2C)n[nH]1. The molecule has 1 aromatic rings. The number of amides is 1. The highest BCUT2D eigenvalue weighted by molar-refractivity contribution is 5.91. The van der Waals surface area contributed by atoms with E-state index >= 15 is 0 Å². The molecule has 6 heteroatoms. The molecule has 0 aliphatic carbocycles. The Morgan fingerprint density at radius 3 is 2.44 bits per heavy atom. The standard InChI is InChI=1S/C12H21N5O/c1-7(2)10-14-11(16-15-10)12(18)17-8(3)5-13-6-9(17)4/h7-9,13H,5-6H2,1-4H3,(H,14,15,16). The van der Waals surface area contributed by atoms with E-state index in [1.165, 1.54) is 0 Å². The van der Waals surface area contributed by atoms with Crippen molar-refractivity contribution in [1.82, 2.24) is 25.4 Å². The van der Waals surface area contributed by atoms with Crippen molar-refractivity contribution in [3.63, 3.8) is 0 Å². The molecule has 2 unspecified atom stereocenters. The molecule has 1 aliphatic heterocycles. The summed E-state index contributed by atoms with van der Waals surface area (Å²) in [5.74, 6) is 1.20.